The zero-order valence-electron chi connectivity index (χ0n) is 9.12. The zero-order valence-corrected chi connectivity index (χ0v) is 9.94. The molecule has 0 atom stereocenters. The van der Waals surface area contributed by atoms with Crippen LogP contribution in [-0.2, 0) is 0 Å². The molecule has 4 nitrogen and oxygen atoms in total. The molecule has 0 aliphatic heterocycles. The van der Waals surface area contributed by atoms with Gasteiger partial charge in [0.1, 0.15) is 10.1 Å². The molecule has 0 fully saturated rings. The van der Waals surface area contributed by atoms with Gasteiger partial charge in [-0.15, -0.1) is 0 Å². The van der Waals surface area contributed by atoms with Crippen molar-refractivity contribution in [2.24, 2.45) is 0 Å². The van der Waals surface area contributed by atoms with Crippen LogP contribution in [-0.4, -0.2) is 21.0 Å². The lowest BCUT2D eigenvalue weighted by Gasteiger charge is -2.01. The summed E-state index contributed by atoms with van der Waals surface area (Å²) in [6.45, 7) is 1.98. The second-order valence-corrected chi connectivity index (χ2v) is 4.50. The summed E-state index contributed by atoms with van der Waals surface area (Å²) in [6.07, 6.45) is 3.21. The number of carboxylic acid groups (broad SMARTS) is 1. The minimum Gasteiger partial charge on any atom is -0.478 e. The Morgan fingerprint density at radius 2 is 1.82 bits per heavy atom. The van der Waals surface area contributed by atoms with Crippen molar-refractivity contribution in [3.63, 3.8) is 0 Å². The summed E-state index contributed by atoms with van der Waals surface area (Å²) in [5.74, 6) is -0.952. The average molecular weight is 246 g/mol. The first-order chi connectivity index (χ1) is 8.15. The molecule has 0 amide bonds. The maximum Gasteiger partial charge on any atom is 0.335 e. The van der Waals surface area contributed by atoms with Crippen molar-refractivity contribution in [1.82, 2.24) is 9.97 Å². The van der Waals surface area contributed by atoms with Crippen LogP contribution >= 0.6 is 11.8 Å². The van der Waals surface area contributed by atoms with Crippen LogP contribution in [0.5, 0.6) is 0 Å². The van der Waals surface area contributed by atoms with Gasteiger partial charge in [0.25, 0.3) is 0 Å². The van der Waals surface area contributed by atoms with Crippen molar-refractivity contribution in [2.75, 3.05) is 0 Å². The number of aromatic carboxylic acids is 1. The summed E-state index contributed by atoms with van der Waals surface area (Å²) in [6, 6.07) is 6.85. The molecule has 0 radical (unpaired) electrons. The van der Waals surface area contributed by atoms with Crippen molar-refractivity contribution in [2.45, 2.75) is 17.0 Å². The van der Waals surface area contributed by atoms with Gasteiger partial charge in [0, 0.05) is 12.4 Å². The van der Waals surface area contributed by atoms with Crippen LogP contribution < -0.4 is 0 Å². The van der Waals surface area contributed by atoms with Crippen LogP contribution in [0.2, 0.25) is 0 Å². The standard InChI is InChI=1S/C12H10N2O2S/c1-8-2-4-13-10(6-8)17-11-7-9(12(15)16)3-5-14-11/h2-7H,1H3,(H,15,16). The molecular formula is C12H10N2O2S. The van der Waals surface area contributed by atoms with Crippen molar-refractivity contribution < 1.29 is 9.90 Å². The lowest BCUT2D eigenvalue weighted by molar-refractivity contribution is 0.0696. The predicted molar refractivity (Wildman–Crippen MR) is 64.3 cm³/mol. The molecular weight excluding hydrogens is 236 g/mol. The molecule has 0 aliphatic rings. The molecule has 2 heterocycles. The third-order valence-corrected chi connectivity index (χ3v) is 2.95. The Balaban J connectivity index is 2.24. The predicted octanol–water partition coefficient (Wildman–Crippen LogP) is 2.63. The fourth-order valence-corrected chi connectivity index (χ4v) is 2.14. The molecule has 2 aromatic rings. The lowest BCUT2D eigenvalue weighted by atomic mass is 10.3. The molecule has 2 aromatic heterocycles. The normalized spacial score (nSPS) is 10.2. The van der Waals surface area contributed by atoms with E-state index in [0.29, 0.717) is 5.03 Å². The molecule has 0 spiro atoms. The number of aromatic nitrogens is 2. The van der Waals surface area contributed by atoms with Crippen LogP contribution in [0.1, 0.15) is 15.9 Å². The van der Waals surface area contributed by atoms with Crippen molar-refractivity contribution in [3.05, 3.63) is 47.8 Å². The molecule has 0 aliphatic carbocycles. The quantitative estimate of drug-likeness (QED) is 0.902. The third-order valence-electron chi connectivity index (χ3n) is 2.08. The van der Waals surface area contributed by atoms with Crippen LogP contribution in [0.3, 0.4) is 0 Å². The van der Waals surface area contributed by atoms with Crippen LogP contribution in [0, 0.1) is 6.92 Å². The Bertz CT molecular complexity index is 558. The summed E-state index contributed by atoms with van der Waals surface area (Å²) in [5.41, 5.74) is 1.34. The van der Waals surface area contributed by atoms with E-state index in [1.54, 1.807) is 6.20 Å². The van der Waals surface area contributed by atoms with E-state index in [2.05, 4.69) is 9.97 Å². The maximum atomic E-state index is 10.8. The fraction of sp³-hybridized carbons (Fsp3) is 0.0833. The topological polar surface area (TPSA) is 63.1 Å². The van der Waals surface area contributed by atoms with Gasteiger partial charge in [-0.2, -0.15) is 0 Å². The third kappa shape index (κ3) is 3.04. The summed E-state index contributed by atoms with van der Waals surface area (Å²) >= 11 is 1.35. The molecule has 1 N–H and O–H groups in total. The number of pyridine rings is 2. The Morgan fingerprint density at radius 3 is 2.47 bits per heavy atom. The fourth-order valence-electron chi connectivity index (χ4n) is 1.27. The van der Waals surface area contributed by atoms with Crippen molar-refractivity contribution in [1.29, 1.82) is 0 Å². The lowest BCUT2D eigenvalue weighted by Crippen LogP contribution is -1.96. The molecule has 2 rings (SSSR count). The molecule has 0 aromatic carbocycles. The molecule has 0 saturated carbocycles. The summed E-state index contributed by atoms with van der Waals surface area (Å²) in [5, 5.41) is 10.3. The smallest absolute Gasteiger partial charge is 0.335 e. The molecule has 5 heteroatoms. The van der Waals surface area contributed by atoms with E-state index in [4.69, 9.17) is 5.11 Å². The zero-order chi connectivity index (χ0) is 12.3. The summed E-state index contributed by atoms with van der Waals surface area (Å²) < 4.78 is 0. The number of aryl methyl sites for hydroxylation is 1. The Labute approximate surface area is 103 Å². The van der Waals surface area contributed by atoms with Crippen LogP contribution in [0.4, 0.5) is 0 Å². The highest BCUT2D eigenvalue weighted by atomic mass is 32.2. The van der Waals surface area contributed by atoms with Crippen molar-refractivity contribution >= 4 is 17.7 Å². The SMILES string of the molecule is Cc1ccnc(Sc2cc(C(=O)O)ccn2)c1. The molecule has 0 saturated heterocycles. The van der Waals surface area contributed by atoms with E-state index in [1.165, 1.54) is 30.1 Å². The Morgan fingerprint density at radius 1 is 1.18 bits per heavy atom. The minimum absolute atomic E-state index is 0.232. The second-order valence-electron chi connectivity index (χ2n) is 3.46. The Kier molecular flexibility index (Phi) is 3.39. The van der Waals surface area contributed by atoms with Gasteiger partial charge in [0.05, 0.1) is 5.56 Å². The molecule has 0 unspecified atom stereocenters. The van der Waals surface area contributed by atoms with E-state index < -0.39 is 5.97 Å². The number of carboxylic acids is 1. The highest BCUT2D eigenvalue weighted by Gasteiger charge is 2.06. The first kappa shape index (κ1) is 11.6. The monoisotopic (exact) mass is 246 g/mol. The largest absolute Gasteiger partial charge is 0.478 e. The minimum atomic E-state index is -0.952. The number of carbonyl (C=O) groups is 1. The second kappa shape index (κ2) is 4.97. The summed E-state index contributed by atoms with van der Waals surface area (Å²) in [7, 11) is 0. The number of rotatable bonds is 3. The molecule has 17 heavy (non-hydrogen) atoms. The number of nitrogens with zero attached hydrogens (tertiary/aromatic N) is 2. The van der Waals surface area contributed by atoms with Crippen LogP contribution in [0.15, 0.2) is 46.7 Å². The van der Waals surface area contributed by atoms with Gasteiger partial charge in [-0.1, -0.05) is 11.8 Å². The first-order valence-corrected chi connectivity index (χ1v) is 5.76. The van der Waals surface area contributed by atoms with E-state index in [9.17, 15) is 4.79 Å². The average Bonchev–Trinajstić information content (AvgIpc) is 2.29. The Hall–Kier alpha value is -1.88. The molecule has 86 valence electrons. The van der Waals surface area contributed by atoms with Gasteiger partial charge in [0.2, 0.25) is 0 Å². The molecule has 0 bridgehead atoms. The van der Waals surface area contributed by atoms with E-state index in [1.807, 2.05) is 19.1 Å². The van der Waals surface area contributed by atoms with Gasteiger partial charge < -0.3 is 5.11 Å². The number of hydrogen-bond acceptors (Lipinski definition) is 4. The van der Waals surface area contributed by atoms with E-state index in [0.717, 1.165) is 10.6 Å². The van der Waals surface area contributed by atoms with Crippen LogP contribution in [0.25, 0.3) is 0 Å². The van der Waals surface area contributed by atoms with Gasteiger partial charge in [-0.05, 0) is 36.8 Å². The van der Waals surface area contributed by atoms with Crippen molar-refractivity contribution in [3.8, 4) is 0 Å². The highest BCUT2D eigenvalue weighted by Crippen LogP contribution is 2.24. The number of hydrogen-bond donors (Lipinski definition) is 1. The first-order valence-electron chi connectivity index (χ1n) is 4.95. The van der Waals surface area contributed by atoms with E-state index in [-0.39, 0.29) is 5.56 Å². The van der Waals surface area contributed by atoms with E-state index >= 15 is 0 Å². The van der Waals surface area contributed by atoms with Gasteiger partial charge >= 0.3 is 5.97 Å². The summed E-state index contributed by atoms with van der Waals surface area (Å²) in [4.78, 5) is 19.1. The van der Waals surface area contributed by atoms with Gasteiger partial charge in [-0.3, -0.25) is 0 Å². The van der Waals surface area contributed by atoms with Gasteiger partial charge in [0.15, 0.2) is 0 Å². The van der Waals surface area contributed by atoms with Gasteiger partial charge in [-0.25, -0.2) is 14.8 Å². The maximum absolute atomic E-state index is 10.8. The highest BCUT2D eigenvalue weighted by molar-refractivity contribution is 7.99.